The number of nitrogens with one attached hydrogen (secondary N) is 1. The van der Waals surface area contributed by atoms with Crippen molar-refractivity contribution >= 4 is 28.3 Å². The van der Waals surface area contributed by atoms with Crippen LogP contribution in [0.5, 0.6) is 0 Å². The van der Waals surface area contributed by atoms with Gasteiger partial charge in [-0.1, -0.05) is 42.3 Å². The summed E-state index contributed by atoms with van der Waals surface area (Å²) in [6, 6.07) is 8.21. The molecule has 0 spiro atoms. The average Bonchev–Trinajstić information content (AvgIpc) is 3.41. The molecular weight excluding hydrogens is 384 g/mol. The van der Waals surface area contributed by atoms with Gasteiger partial charge in [0.25, 0.3) is 0 Å². The Balaban J connectivity index is 1.54. The van der Waals surface area contributed by atoms with Crippen LogP contribution in [0, 0.1) is 23.7 Å². The fourth-order valence-corrected chi connectivity index (χ4v) is 5.88. The van der Waals surface area contributed by atoms with Crippen LogP contribution in [0.15, 0.2) is 40.8 Å². The molecule has 1 amide bonds. The number of benzene rings is 1. The number of thiazole rings is 1. The number of hydrogen-bond donors (Lipinski definition) is 1. The van der Waals surface area contributed by atoms with E-state index in [0.29, 0.717) is 5.13 Å². The maximum Gasteiger partial charge on any atom is 0.230 e. The summed E-state index contributed by atoms with van der Waals surface area (Å²) in [7, 11) is 0. The van der Waals surface area contributed by atoms with Gasteiger partial charge in [-0.25, -0.2) is 4.98 Å². The van der Waals surface area contributed by atoms with E-state index in [1.165, 1.54) is 16.9 Å². The van der Waals surface area contributed by atoms with Crippen LogP contribution in [0.4, 0.5) is 5.13 Å². The second-order valence-electron chi connectivity index (χ2n) is 8.19. The van der Waals surface area contributed by atoms with Crippen LogP contribution in [0.1, 0.15) is 39.2 Å². The molecule has 1 N–H and O–H groups in total. The maximum atomic E-state index is 13.1. The number of carbonyl (C=O) groups is 2. The summed E-state index contributed by atoms with van der Waals surface area (Å²) in [5.41, 5.74) is 5.35. The molecule has 0 radical (unpaired) electrons. The zero-order chi connectivity index (χ0) is 20.7. The third-order valence-electron chi connectivity index (χ3n) is 6.39. The molecule has 1 heterocycles. The van der Waals surface area contributed by atoms with Crippen LogP contribution in [0.3, 0.4) is 0 Å². The lowest BCUT2D eigenvalue weighted by Crippen LogP contribution is -2.43. The monoisotopic (exact) mass is 409 g/mol. The zero-order valence-electron chi connectivity index (χ0n) is 16.9. The van der Waals surface area contributed by atoms with Crippen molar-refractivity contribution in [2.24, 2.45) is 23.7 Å². The van der Waals surface area contributed by atoms with E-state index in [1.807, 2.05) is 31.4 Å². The van der Waals surface area contributed by atoms with Crippen LogP contribution in [0.2, 0.25) is 0 Å². The largest absolute Gasteiger partial charge is 0.550 e. The van der Waals surface area contributed by atoms with Gasteiger partial charge in [-0.3, -0.25) is 4.79 Å². The number of hydrogen-bond acceptors (Lipinski definition) is 5. The number of allylic oxidation sites excluding steroid dienone is 2. The topological polar surface area (TPSA) is 82.1 Å². The van der Waals surface area contributed by atoms with Crippen molar-refractivity contribution < 1.29 is 14.7 Å². The molecule has 5 nitrogen and oxygen atoms in total. The Hall–Kier alpha value is -2.47. The molecule has 2 bridgehead atoms. The second kappa shape index (κ2) is 7.75. The van der Waals surface area contributed by atoms with Gasteiger partial charge < -0.3 is 15.2 Å². The molecule has 0 saturated heterocycles. The lowest BCUT2D eigenvalue weighted by molar-refractivity contribution is -0.314. The Bertz CT molecular complexity index is 972. The van der Waals surface area contributed by atoms with E-state index in [4.69, 9.17) is 0 Å². The van der Waals surface area contributed by atoms with Gasteiger partial charge in [0.1, 0.15) is 0 Å². The predicted molar refractivity (Wildman–Crippen MR) is 112 cm³/mol. The predicted octanol–water partition coefficient (Wildman–Crippen LogP) is 3.67. The zero-order valence-corrected chi connectivity index (χ0v) is 17.7. The highest BCUT2D eigenvalue weighted by molar-refractivity contribution is 7.14. The summed E-state index contributed by atoms with van der Waals surface area (Å²) in [6.45, 7) is 6.12. The number of aliphatic carboxylic acids is 1. The van der Waals surface area contributed by atoms with Gasteiger partial charge in [0.05, 0.1) is 11.6 Å². The van der Waals surface area contributed by atoms with Gasteiger partial charge in [0.15, 0.2) is 5.13 Å². The highest BCUT2D eigenvalue weighted by atomic mass is 32.1. The number of carboxylic acid groups (broad SMARTS) is 1. The number of nitrogens with zero attached hydrogens (tertiary/aromatic N) is 1. The number of carbonyl (C=O) groups excluding carboxylic acids is 2. The molecule has 4 rings (SSSR count). The summed E-state index contributed by atoms with van der Waals surface area (Å²) in [5, 5.41) is 17.1. The normalized spacial score (nSPS) is 25.3. The van der Waals surface area contributed by atoms with E-state index in [0.717, 1.165) is 41.7 Å². The molecular formula is C23H25N2O3S-. The Morgan fingerprint density at radius 1 is 1.14 bits per heavy atom. The first kappa shape index (κ1) is 19.8. The number of amides is 1. The van der Waals surface area contributed by atoms with Crippen LogP contribution in [0.25, 0.3) is 11.3 Å². The number of anilines is 1. The molecule has 29 heavy (non-hydrogen) atoms. The minimum Gasteiger partial charge on any atom is -0.550 e. The molecule has 2 aromatic rings. The number of aryl methyl sites for hydroxylation is 1. The summed E-state index contributed by atoms with van der Waals surface area (Å²) < 4.78 is 0. The lowest BCUT2D eigenvalue weighted by atomic mass is 9.79. The molecule has 6 heteroatoms. The van der Waals surface area contributed by atoms with Crippen LogP contribution in [-0.4, -0.2) is 16.9 Å². The van der Waals surface area contributed by atoms with Crippen molar-refractivity contribution in [3.8, 4) is 11.3 Å². The van der Waals surface area contributed by atoms with Crippen LogP contribution < -0.4 is 10.4 Å². The molecule has 0 unspecified atom stereocenters. The lowest BCUT2D eigenvalue weighted by Gasteiger charge is -2.29. The summed E-state index contributed by atoms with van der Waals surface area (Å²) >= 11 is 1.36. The van der Waals surface area contributed by atoms with E-state index >= 15 is 0 Å². The maximum absolute atomic E-state index is 13.1. The molecule has 0 aliphatic heterocycles. The van der Waals surface area contributed by atoms with Gasteiger partial charge in [0, 0.05) is 22.8 Å². The Labute approximate surface area is 174 Å². The van der Waals surface area contributed by atoms with Crippen molar-refractivity contribution in [2.75, 3.05) is 5.32 Å². The third kappa shape index (κ3) is 3.50. The van der Waals surface area contributed by atoms with Crippen molar-refractivity contribution in [1.29, 1.82) is 0 Å². The number of rotatable bonds is 5. The number of fused-ring (bicyclic) bond motifs is 2. The standard InChI is InChI=1S/C23H26N2O3S/c1-4-13-5-7-14(8-6-13)17-11-29-23(24-17)25-21(26)19-15-9-10-16(18(15)12(2)3)20(19)22(27)28/h5-8,11,15-16,19-20H,4,9-10H2,1-3H3,(H,27,28)(H,24,25,26)/p-1/t15-,16+,19-,20-/m0/s1. The van der Waals surface area contributed by atoms with Gasteiger partial charge in [-0.05, 0) is 50.5 Å². The minimum absolute atomic E-state index is 0.00563. The van der Waals surface area contributed by atoms with E-state index < -0.39 is 17.8 Å². The van der Waals surface area contributed by atoms with Gasteiger partial charge in [-0.15, -0.1) is 11.3 Å². The van der Waals surface area contributed by atoms with Crippen molar-refractivity contribution in [3.05, 3.63) is 46.4 Å². The van der Waals surface area contributed by atoms with Crippen LogP contribution in [-0.2, 0) is 16.0 Å². The Morgan fingerprint density at radius 3 is 2.38 bits per heavy atom. The van der Waals surface area contributed by atoms with Crippen LogP contribution >= 0.6 is 11.3 Å². The fourth-order valence-electron chi connectivity index (χ4n) is 5.15. The Morgan fingerprint density at radius 2 is 1.79 bits per heavy atom. The summed E-state index contributed by atoms with van der Waals surface area (Å²) in [4.78, 5) is 29.4. The first-order chi connectivity index (χ1) is 13.9. The first-order valence-corrected chi connectivity index (χ1v) is 11.0. The smallest absolute Gasteiger partial charge is 0.230 e. The third-order valence-corrected chi connectivity index (χ3v) is 7.14. The van der Waals surface area contributed by atoms with E-state index in [1.54, 1.807) is 0 Å². The molecule has 1 aromatic heterocycles. The van der Waals surface area contributed by atoms with Gasteiger partial charge >= 0.3 is 0 Å². The highest BCUT2D eigenvalue weighted by Crippen LogP contribution is 2.57. The first-order valence-electron chi connectivity index (χ1n) is 10.1. The van der Waals surface area contributed by atoms with Crippen molar-refractivity contribution in [2.45, 2.75) is 40.0 Å². The minimum atomic E-state index is -1.12. The van der Waals surface area contributed by atoms with Gasteiger partial charge in [0.2, 0.25) is 5.91 Å². The molecule has 2 fully saturated rings. The molecule has 4 atom stereocenters. The fraction of sp³-hybridized carbons (Fsp3) is 0.435. The van der Waals surface area contributed by atoms with Crippen molar-refractivity contribution in [1.82, 2.24) is 4.98 Å². The van der Waals surface area contributed by atoms with E-state index in [-0.39, 0.29) is 17.7 Å². The molecule has 2 saturated carbocycles. The average molecular weight is 410 g/mol. The van der Waals surface area contributed by atoms with Gasteiger partial charge in [-0.2, -0.15) is 0 Å². The number of aromatic nitrogens is 1. The molecule has 1 aromatic carbocycles. The number of carboxylic acids is 1. The SMILES string of the molecule is CCc1ccc(-c2csc(NC(=O)[C@@H]3[C@@H](C(=O)[O-])[C@@H]4CC[C@H]3C4=C(C)C)n2)cc1. The van der Waals surface area contributed by atoms with Crippen molar-refractivity contribution in [3.63, 3.8) is 0 Å². The summed E-state index contributed by atoms with van der Waals surface area (Å²) in [5.74, 6) is -2.79. The molecule has 2 aliphatic rings. The Kier molecular flexibility index (Phi) is 5.30. The molecule has 2 aliphatic carbocycles. The highest BCUT2D eigenvalue weighted by Gasteiger charge is 2.54. The van der Waals surface area contributed by atoms with E-state index in [9.17, 15) is 14.7 Å². The second-order valence-corrected chi connectivity index (χ2v) is 9.05. The summed E-state index contributed by atoms with van der Waals surface area (Å²) in [6.07, 6.45) is 2.66. The van der Waals surface area contributed by atoms with E-state index in [2.05, 4.69) is 29.4 Å². The molecule has 152 valence electrons. The quantitative estimate of drug-likeness (QED) is 0.764.